The summed E-state index contributed by atoms with van der Waals surface area (Å²) in [7, 11) is 2.18. The van der Waals surface area contributed by atoms with E-state index in [-0.39, 0.29) is 0 Å². The van der Waals surface area contributed by atoms with Crippen LogP contribution in [0.2, 0.25) is 0 Å². The van der Waals surface area contributed by atoms with E-state index in [0.717, 1.165) is 6.54 Å². The molecule has 2 nitrogen and oxygen atoms in total. The van der Waals surface area contributed by atoms with Crippen molar-refractivity contribution >= 4 is 0 Å². The highest BCUT2D eigenvalue weighted by atomic mass is 16.5. The van der Waals surface area contributed by atoms with Crippen molar-refractivity contribution in [1.29, 1.82) is 0 Å². The van der Waals surface area contributed by atoms with Gasteiger partial charge < -0.3 is 9.64 Å². The van der Waals surface area contributed by atoms with E-state index in [1.165, 1.54) is 12.8 Å². The fourth-order valence-corrected chi connectivity index (χ4v) is 1.98. The molecule has 1 heterocycles. The van der Waals surface area contributed by atoms with Gasteiger partial charge in [-0.25, -0.2) is 0 Å². The van der Waals surface area contributed by atoms with Crippen molar-refractivity contribution in [3.8, 4) is 0 Å². The van der Waals surface area contributed by atoms with E-state index in [0.29, 0.717) is 18.2 Å². The number of hydrogen-bond acceptors (Lipinski definition) is 2. The summed E-state index contributed by atoms with van der Waals surface area (Å²) in [5.74, 6) is 0. The Balaban J connectivity index is 2.44. The molecule has 1 rings (SSSR count). The second kappa shape index (κ2) is 4.24. The van der Waals surface area contributed by atoms with Crippen molar-refractivity contribution in [3.05, 3.63) is 0 Å². The van der Waals surface area contributed by atoms with Crippen molar-refractivity contribution < 1.29 is 4.74 Å². The molecule has 0 spiro atoms. The molecule has 1 fully saturated rings. The Bertz CT molecular complexity index is 138. The highest BCUT2D eigenvalue weighted by Crippen LogP contribution is 2.22. The van der Waals surface area contributed by atoms with Crippen LogP contribution in [0.15, 0.2) is 0 Å². The van der Waals surface area contributed by atoms with E-state index < -0.39 is 0 Å². The first kappa shape index (κ1) is 10.0. The first-order valence-corrected chi connectivity index (χ1v) is 5.00. The number of likely N-dealkylation sites (N-methyl/N-ethyl adjacent to an activating group) is 1. The zero-order valence-corrected chi connectivity index (χ0v) is 8.71. The third-order valence-corrected chi connectivity index (χ3v) is 2.92. The van der Waals surface area contributed by atoms with Crippen molar-refractivity contribution in [1.82, 2.24) is 4.90 Å². The van der Waals surface area contributed by atoms with Crippen LogP contribution in [0.3, 0.4) is 0 Å². The molecular formula is C10H21NO. The third kappa shape index (κ3) is 2.20. The molecule has 0 radical (unpaired) electrons. The topological polar surface area (TPSA) is 12.5 Å². The molecule has 0 aliphatic carbocycles. The highest BCUT2D eigenvalue weighted by Gasteiger charge is 2.27. The molecule has 12 heavy (non-hydrogen) atoms. The lowest BCUT2D eigenvalue weighted by atomic mass is 9.99. The molecule has 0 saturated carbocycles. The van der Waals surface area contributed by atoms with Crippen molar-refractivity contribution in [2.45, 2.75) is 51.9 Å². The molecule has 0 aromatic carbocycles. The maximum Gasteiger partial charge on any atom is 0.0705 e. The van der Waals surface area contributed by atoms with E-state index in [2.05, 4.69) is 32.7 Å². The van der Waals surface area contributed by atoms with Crippen LogP contribution in [0.25, 0.3) is 0 Å². The van der Waals surface area contributed by atoms with Crippen molar-refractivity contribution in [3.63, 3.8) is 0 Å². The van der Waals surface area contributed by atoms with Crippen LogP contribution in [0.4, 0.5) is 0 Å². The monoisotopic (exact) mass is 171 g/mol. The standard InChI is InChI=1S/C10H21NO/c1-5-11(4)10-7-6-8(2)12-9(10)3/h8-10H,5-7H2,1-4H3/t8-,9+,10?/m0/s1. The lowest BCUT2D eigenvalue weighted by Gasteiger charge is -2.38. The summed E-state index contributed by atoms with van der Waals surface area (Å²) < 4.78 is 5.78. The summed E-state index contributed by atoms with van der Waals surface area (Å²) in [6.45, 7) is 7.67. The SMILES string of the molecule is CCN(C)C1CC[C@H](C)O[C@@H]1C. The Morgan fingerprint density at radius 3 is 2.50 bits per heavy atom. The molecular weight excluding hydrogens is 150 g/mol. The molecule has 0 aromatic heterocycles. The molecule has 2 heteroatoms. The zero-order chi connectivity index (χ0) is 9.14. The van der Waals surface area contributed by atoms with Crippen LogP contribution >= 0.6 is 0 Å². The fraction of sp³-hybridized carbons (Fsp3) is 1.00. The number of rotatable bonds is 2. The predicted octanol–water partition coefficient (Wildman–Crippen LogP) is 1.89. The van der Waals surface area contributed by atoms with Crippen LogP contribution in [0.1, 0.15) is 33.6 Å². The summed E-state index contributed by atoms with van der Waals surface area (Å²) in [4.78, 5) is 2.39. The Labute approximate surface area is 75.9 Å². The number of hydrogen-bond donors (Lipinski definition) is 0. The van der Waals surface area contributed by atoms with Gasteiger partial charge in [-0.2, -0.15) is 0 Å². The summed E-state index contributed by atoms with van der Waals surface area (Å²) in [6.07, 6.45) is 3.35. The van der Waals surface area contributed by atoms with Gasteiger partial charge in [0.15, 0.2) is 0 Å². The normalized spacial score (nSPS) is 37.2. The summed E-state index contributed by atoms with van der Waals surface area (Å²) in [5.41, 5.74) is 0. The lowest BCUT2D eigenvalue weighted by Crippen LogP contribution is -2.45. The minimum Gasteiger partial charge on any atom is -0.374 e. The molecule has 72 valence electrons. The van der Waals surface area contributed by atoms with E-state index >= 15 is 0 Å². The summed E-state index contributed by atoms with van der Waals surface area (Å²) in [6, 6.07) is 0.631. The Kier molecular flexibility index (Phi) is 3.53. The van der Waals surface area contributed by atoms with Gasteiger partial charge in [0.05, 0.1) is 12.2 Å². The summed E-state index contributed by atoms with van der Waals surface area (Å²) >= 11 is 0. The first-order valence-electron chi connectivity index (χ1n) is 5.00. The maximum absolute atomic E-state index is 5.78. The van der Waals surface area contributed by atoms with Gasteiger partial charge in [0, 0.05) is 6.04 Å². The molecule has 1 aliphatic rings. The van der Waals surface area contributed by atoms with Crippen LogP contribution < -0.4 is 0 Å². The van der Waals surface area contributed by atoms with E-state index in [1.807, 2.05) is 0 Å². The van der Waals surface area contributed by atoms with Crippen LogP contribution in [-0.2, 0) is 4.74 Å². The van der Waals surface area contributed by atoms with Crippen LogP contribution in [0.5, 0.6) is 0 Å². The largest absolute Gasteiger partial charge is 0.374 e. The van der Waals surface area contributed by atoms with E-state index in [1.54, 1.807) is 0 Å². The molecule has 1 aliphatic heterocycles. The van der Waals surface area contributed by atoms with Gasteiger partial charge in [0.2, 0.25) is 0 Å². The number of nitrogens with zero attached hydrogens (tertiary/aromatic N) is 1. The molecule has 0 N–H and O–H groups in total. The second-order valence-electron chi connectivity index (χ2n) is 3.87. The predicted molar refractivity (Wildman–Crippen MR) is 51.3 cm³/mol. The molecule has 0 bridgehead atoms. The highest BCUT2D eigenvalue weighted by molar-refractivity contribution is 4.80. The quantitative estimate of drug-likeness (QED) is 0.629. The average Bonchev–Trinajstić information content (AvgIpc) is 2.03. The lowest BCUT2D eigenvalue weighted by molar-refractivity contribution is -0.0758. The van der Waals surface area contributed by atoms with Gasteiger partial charge in [0.25, 0.3) is 0 Å². The van der Waals surface area contributed by atoms with Gasteiger partial charge in [-0.15, -0.1) is 0 Å². The first-order chi connectivity index (χ1) is 5.65. The molecule has 0 aromatic rings. The van der Waals surface area contributed by atoms with Crippen LogP contribution in [0, 0.1) is 0 Å². The summed E-state index contributed by atoms with van der Waals surface area (Å²) in [5, 5.41) is 0. The third-order valence-electron chi connectivity index (χ3n) is 2.92. The molecule has 0 amide bonds. The zero-order valence-electron chi connectivity index (χ0n) is 8.71. The van der Waals surface area contributed by atoms with Crippen LogP contribution in [-0.4, -0.2) is 36.7 Å². The Morgan fingerprint density at radius 2 is 2.00 bits per heavy atom. The molecule has 1 unspecified atom stereocenters. The van der Waals surface area contributed by atoms with Gasteiger partial charge in [0.1, 0.15) is 0 Å². The second-order valence-corrected chi connectivity index (χ2v) is 3.87. The van der Waals surface area contributed by atoms with Gasteiger partial charge >= 0.3 is 0 Å². The minimum absolute atomic E-state index is 0.402. The molecule has 3 atom stereocenters. The van der Waals surface area contributed by atoms with Gasteiger partial charge in [-0.3, -0.25) is 0 Å². The van der Waals surface area contributed by atoms with Crippen molar-refractivity contribution in [2.75, 3.05) is 13.6 Å². The van der Waals surface area contributed by atoms with E-state index in [4.69, 9.17) is 4.74 Å². The smallest absolute Gasteiger partial charge is 0.0705 e. The number of ether oxygens (including phenoxy) is 1. The fourth-order valence-electron chi connectivity index (χ4n) is 1.98. The van der Waals surface area contributed by atoms with E-state index in [9.17, 15) is 0 Å². The molecule has 1 saturated heterocycles. The maximum atomic E-state index is 5.78. The van der Waals surface area contributed by atoms with Crippen molar-refractivity contribution in [2.24, 2.45) is 0 Å². The Hall–Kier alpha value is -0.0800. The minimum atomic E-state index is 0.402. The van der Waals surface area contributed by atoms with Gasteiger partial charge in [-0.1, -0.05) is 6.92 Å². The Morgan fingerprint density at radius 1 is 1.33 bits per heavy atom. The average molecular weight is 171 g/mol. The van der Waals surface area contributed by atoms with Gasteiger partial charge in [-0.05, 0) is 40.3 Å².